The summed E-state index contributed by atoms with van der Waals surface area (Å²) in [4.78, 5) is 28.1. The molecule has 0 amide bonds. The van der Waals surface area contributed by atoms with Crippen LogP contribution in [0.15, 0.2) is 24.3 Å². The lowest BCUT2D eigenvalue weighted by atomic mass is 9.78. The van der Waals surface area contributed by atoms with Crippen molar-refractivity contribution in [3.8, 4) is 23.0 Å². The van der Waals surface area contributed by atoms with Crippen LogP contribution < -0.4 is 18.9 Å². The minimum atomic E-state index is -0.474. The predicted molar refractivity (Wildman–Crippen MR) is 108 cm³/mol. The predicted octanol–water partition coefficient (Wildman–Crippen LogP) is 3.25. The lowest BCUT2D eigenvalue weighted by Crippen LogP contribution is -2.46. The van der Waals surface area contributed by atoms with E-state index >= 15 is 0 Å². The molecule has 2 aromatic rings. The lowest BCUT2D eigenvalue weighted by Gasteiger charge is -2.45. The molecule has 7 nitrogen and oxygen atoms in total. The normalized spacial score (nSPS) is 21.5. The second kappa shape index (κ2) is 7.02. The summed E-state index contributed by atoms with van der Waals surface area (Å²) in [5, 5.41) is 0. The number of rotatable bonds is 4. The van der Waals surface area contributed by atoms with Crippen LogP contribution in [0.3, 0.4) is 0 Å². The summed E-state index contributed by atoms with van der Waals surface area (Å²) >= 11 is 0. The van der Waals surface area contributed by atoms with Crippen LogP contribution in [0.4, 0.5) is 0 Å². The maximum absolute atomic E-state index is 13.7. The molecule has 0 spiro atoms. The first-order valence-corrected chi connectivity index (χ1v) is 10.00. The Morgan fingerprint density at radius 2 is 1.93 bits per heavy atom. The highest BCUT2D eigenvalue weighted by Gasteiger charge is 2.46. The van der Waals surface area contributed by atoms with E-state index in [2.05, 4.69) is 4.90 Å². The first kappa shape index (κ1) is 18.9. The summed E-state index contributed by atoms with van der Waals surface area (Å²) in [5.41, 5.74) is 3.31. The van der Waals surface area contributed by atoms with Crippen LogP contribution in [-0.4, -0.2) is 44.0 Å². The van der Waals surface area contributed by atoms with Crippen molar-refractivity contribution in [2.45, 2.75) is 31.8 Å². The zero-order valence-corrected chi connectivity index (χ0v) is 17.2. The van der Waals surface area contributed by atoms with Gasteiger partial charge >= 0.3 is 0 Å². The Morgan fingerprint density at radius 3 is 2.63 bits per heavy atom. The van der Waals surface area contributed by atoms with Crippen molar-refractivity contribution < 1.29 is 28.5 Å². The van der Waals surface area contributed by atoms with Crippen molar-refractivity contribution >= 4 is 11.6 Å². The quantitative estimate of drug-likeness (QED) is 0.767. The molecule has 5 rings (SSSR count). The van der Waals surface area contributed by atoms with Crippen molar-refractivity contribution in [3.05, 3.63) is 46.5 Å². The summed E-state index contributed by atoms with van der Waals surface area (Å²) in [6.45, 7) is 2.42. The molecule has 30 heavy (non-hydrogen) atoms. The number of nitrogens with zero attached hydrogens (tertiary/aromatic N) is 1. The molecule has 0 aromatic heterocycles. The van der Waals surface area contributed by atoms with E-state index in [0.717, 1.165) is 28.9 Å². The number of fused-ring (bicyclic) bond motifs is 5. The third-order valence-corrected chi connectivity index (χ3v) is 6.21. The third-order valence-electron chi connectivity index (χ3n) is 6.21. The smallest absolute Gasteiger partial charge is 0.231 e. The fraction of sp³-hybridized carbons (Fsp3) is 0.391. The molecular formula is C23H23NO6. The second-order valence-electron chi connectivity index (χ2n) is 7.84. The van der Waals surface area contributed by atoms with Crippen molar-refractivity contribution in [2.75, 3.05) is 27.6 Å². The van der Waals surface area contributed by atoms with E-state index in [1.165, 1.54) is 0 Å². The summed E-state index contributed by atoms with van der Waals surface area (Å²) in [6.07, 6.45) is 1.05. The number of ketones is 2. The fourth-order valence-electron chi connectivity index (χ4n) is 4.96. The molecule has 156 valence electrons. The minimum Gasteiger partial charge on any atom is -0.493 e. The highest BCUT2D eigenvalue weighted by Crippen LogP contribution is 2.51. The number of hydrogen-bond acceptors (Lipinski definition) is 7. The Bertz CT molecular complexity index is 1060. The third kappa shape index (κ3) is 2.69. The Labute approximate surface area is 174 Å². The van der Waals surface area contributed by atoms with Crippen molar-refractivity contribution in [1.29, 1.82) is 0 Å². The van der Waals surface area contributed by atoms with Gasteiger partial charge in [0.15, 0.2) is 28.8 Å². The van der Waals surface area contributed by atoms with E-state index in [1.54, 1.807) is 33.3 Å². The first-order valence-electron chi connectivity index (χ1n) is 10.00. The Kier molecular flexibility index (Phi) is 4.43. The molecule has 2 atom stereocenters. The van der Waals surface area contributed by atoms with Crippen LogP contribution in [-0.2, 0) is 11.2 Å². The van der Waals surface area contributed by atoms with Gasteiger partial charge in [-0.25, -0.2) is 0 Å². The van der Waals surface area contributed by atoms with Crippen LogP contribution in [0.5, 0.6) is 23.0 Å². The van der Waals surface area contributed by atoms with E-state index in [1.807, 2.05) is 12.1 Å². The Morgan fingerprint density at radius 1 is 1.17 bits per heavy atom. The lowest BCUT2D eigenvalue weighted by molar-refractivity contribution is -0.118. The van der Waals surface area contributed by atoms with Crippen molar-refractivity contribution in [2.24, 2.45) is 0 Å². The number of carbonyl (C=O) groups is 2. The zero-order chi connectivity index (χ0) is 21.0. The Balaban J connectivity index is 1.71. The monoisotopic (exact) mass is 409 g/mol. The molecule has 3 aliphatic heterocycles. The maximum Gasteiger partial charge on any atom is 0.231 e. The average Bonchev–Trinajstić information content (AvgIpc) is 3.20. The summed E-state index contributed by atoms with van der Waals surface area (Å²) in [6, 6.07) is 6.68. The molecule has 2 aromatic carbocycles. The molecule has 7 heteroatoms. The molecular weight excluding hydrogens is 386 g/mol. The molecule has 0 bridgehead atoms. The number of Topliss-reactive ketones (excluding diaryl/α,β-unsaturated/α-hetero) is 2. The highest BCUT2D eigenvalue weighted by atomic mass is 16.7. The molecule has 0 radical (unpaired) electrons. The minimum absolute atomic E-state index is 0.00873. The molecule has 0 N–H and O–H groups in total. The van der Waals surface area contributed by atoms with Gasteiger partial charge in [-0.3, -0.25) is 14.5 Å². The van der Waals surface area contributed by atoms with Crippen molar-refractivity contribution in [1.82, 2.24) is 4.90 Å². The standard InChI is InChI=1S/C23H23NO6/c1-12(25)8-16-20-14(4-5-17(27-2)23(20)28-3)22(26)21-15-10-19-18(29-11-30-19)9-13(15)6-7-24(16)21/h4-5,9-10,16,21H,6-8,11H2,1-3H3/t16-,21-/m1/s1. The van der Waals surface area contributed by atoms with E-state index in [9.17, 15) is 9.59 Å². The van der Waals surface area contributed by atoms with Crippen molar-refractivity contribution in [3.63, 3.8) is 0 Å². The van der Waals surface area contributed by atoms with Gasteiger partial charge in [0, 0.05) is 30.1 Å². The van der Waals surface area contributed by atoms with Gasteiger partial charge in [-0.1, -0.05) is 0 Å². The number of hydrogen-bond donors (Lipinski definition) is 0. The molecule has 3 aliphatic rings. The van der Waals surface area contributed by atoms with Gasteiger partial charge < -0.3 is 18.9 Å². The van der Waals surface area contributed by atoms with E-state index < -0.39 is 6.04 Å². The summed E-state index contributed by atoms with van der Waals surface area (Å²) < 4.78 is 22.2. The SMILES string of the molecule is COc1ccc2c(c1OC)[C@@H](CC(C)=O)N1CCc3cc4c(cc3[C@@H]1C2=O)OCO4. The highest BCUT2D eigenvalue weighted by molar-refractivity contribution is 6.04. The second-order valence-corrected chi connectivity index (χ2v) is 7.84. The Hall–Kier alpha value is -3.06. The molecule has 0 saturated carbocycles. The van der Waals surface area contributed by atoms with Crippen LogP contribution in [0.25, 0.3) is 0 Å². The largest absolute Gasteiger partial charge is 0.493 e. The van der Waals surface area contributed by atoms with Gasteiger partial charge in [-0.15, -0.1) is 0 Å². The van der Waals surface area contributed by atoms with E-state index in [-0.39, 0.29) is 24.4 Å². The van der Waals surface area contributed by atoms with Gasteiger partial charge in [0.1, 0.15) is 5.78 Å². The van der Waals surface area contributed by atoms with Crippen LogP contribution in [0.1, 0.15) is 52.5 Å². The average molecular weight is 409 g/mol. The van der Waals surface area contributed by atoms with Gasteiger partial charge in [-0.05, 0) is 48.7 Å². The van der Waals surface area contributed by atoms with Crippen LogP contribution >= 0.6 is 0 Å². The maximum atomic E-state index is 13.7. The van der Waals surface area contributed by atoms with Gasteiger partial charge in [0.05, 0.1) is 20.3 Å². The summed E-state index contributed by atoms with van der Waals surface area (Å²) in [5.74, 6) is 2.49. The number of methoxy groups -OCH3 is 2. The fourth-order valence-corrected chi connectivity index (χ4v) is 4.96. The van der Waals surface area contributed by atoms with Gasteiger partial charge in [0.25, 0.3) is 0 Å². The van der Waals surface area contributed by atoms with Gasteiger partial charge in [-0.2, -0.15) is 0 Å². The molecule has 0 fully saturated rings. The number of benzene rings is 2. The zero-order valence-electron chi connectivity index (χ0n) is 17.2. The van der Waals surface area contributed by atoms with Crippen LogP contribution in [0.2, 0.25) is 0 Å². The molecule has 3 heterocycles. The number of carbonyl (C=O) groups excluding carboxylic acids is 2. The summed E-state index contributed by atoms with van der Waals surface area (Å²) in [7, 11) is 3.13. The molecule has 0 unspecified atom stereocenters. The topological polar surface area (TPSA) is 74.3 Å². The van der Waals surface area contributed by atoms with Crippen LogP contribution in [0, 0.1) is 0 Å². The van der Waals surface area contributed by atoms with E-state index in [0.29, 0.717) is 35.8 Å². The molecule has 0 aliphatic carbocycles. The van der Waals surface area contributed by atoms with E-state index in [4.69, 9.17) is 18.9 Å². The molecule has 0 saturated heterocycles. The number of ether oxygens (including phenoxy) is 4. The first-order chi connectivity index (χ1) is 14.5. The van der Waals surface area contributed by atoms with Gasteiger partial charge in [0.2, 0.25) is 6.79 Å².